The zero-order valence-electron chi connectivity index (χ0n) is 8.00. The zero-order valence-corrected chi connectivity index (χ0v) is 17.8. The second-order valence-corrected chi connectivity index (χ2v) is 4.16. The van der Waals surface area contributed by atoms with Crippen molar-refractivity contribution in [3.63, 3.8) is 0 Å². The van der Waals surface area contributed by atoms with Crippen molar-refractivity contribution in [2.45, 2.75) is 0 Å². The first-order valence-corrected chi connectivity index (χ1v) is 4.84. The predicted molar refractivity (Wildman–Crippen MR) is 50.2 cm³/mol. The Bertz CT molecular complexity index is 163. The molecule has 0 spiro atoms. The molecular weight excluding hydrogens is 264 g/mol. The van der Waals surface area contributed by atoms with Crippen LogP contribution in [0.4, 0.5) is 0 Å². The quantitative estimate of drug-likeness (QED) is 0.271. The fraction of sp³-hybridized carbons (Fsp3) is 0. The first-order valence-electron chi connectivity index (χ1n) is 1.61. The standard InChI is InChI=1S/H5NO6P2.4Na/c2-8(3,4)1-9(5,6)7;;;;/h(H5,1,2,3,4,5,6,7);;;;. The minimum absolute atomic E-state index is 0. The van der Waals surface area contributed by atoms with Gasteiger partial charge in [0, 0.05) is 118 Å². The normalized spacial score (nSPS) is 9.54. The molecule has 0 bridgehead atoms. The minimum Gasteiger partial charge on any atom is -0.312 e. The van der Waals surface area contributed by atoms with Gasteiger partial charge in [-0.2, -0.15) is 0 Å². The number of rotatable bonds is 2. The minimum atomic E-state index is -4.80. The van der Waals surface area contributed by atoms with Crippen LogP contribution in [0.3, 0.4) is 0 Å². The Morgan fingerprint density at radius 2 is 0.846 bits per heavy atom. The van der Waals surface area contributed by atoms with Crippen molar-refractivity contribution in [2.75, 3.05) is 0 Å². The largest absolute Gasteiger partial charge is 0.409 e. The van der Waals surface area contributed by atoms with Crippen LogP contribution in [0.15, 0.2) is 0 Å². The average Bonchev–Trinajstić information content (AvgIpc) is 1.14. The SMILES string of the molecule is O=P(O)(O)NP(=O)(O)O.[Na].[Na].[Na].[Na]. The van der Waals surface area contributed by atoms with Crippen LogP contribution in [0.5, 0.6) is 0 Å². The van der Waals surface area contributed by atoms with Gasteiger partial charge in [0.1, 0.15) is 0 Å². The molecular formula is H5NNa4O6P2. The van der Waals surface area contributed by atoms with Crippen molar-refractivity contribution in [1.29, 1.82) is 0 Å². The molecule has 0 aromatic rings. The maximum atomic E-state index is 9.74. The molecule has 0 rings (SSSR count). The third-order valence-corrected chi connectivity index (χ3v) is 2.34. The summed E-state index contributed by atoms with van der Waals surface area (Å²) in [5.41, 5.74) is 0. The summed E-state index contributed by atoms with van der Waals surface area (Å²) < 4.78 is 19.5. The molecule has 0 saturated heterocycles. The van der Waals surface area contributed by atoms with Crippen molar-refractivity contribution in [3.05, 3.63) is 0 Å². The Kier molecular flexibility index (Phi) is 29.7. The summed E-state index contributed by atoms with van der Waals surface area (Å²) >= 11 is 0. The van der Waals surface area contributed by atoms with Crippen molar-refractivity contribution in [1.82, 2.24) is 4.86 Å². The molecule has 0 heterocycles. The summed E-state index contributed by atoms with van der Waals surface area (Å²) in [5, 5.41) is 0. The van der Waals surface area contributed by atoms with E-state index in [1.54, 1.807) is 0 Å². The fourth-order valence-electron chi connectivity index (χ4n) is 0.170. The van der Waals surface area contributed by atoms with E-state index in [1.165, 1.54) is 0 Å². The Labute approximate surface area is 164 Å². The monoisotopic (exact) mass is 269 g/mol. The van der Waals surface area contributed by atoms with Gasteiger partial charge in [-0.3, -0.25) is 0 Å². The van der Waals surface area contributed by atoms with Crippen molar-refractivity contribution in [3.8, 4) is 0 Å². The molecule has 0 fully saturated rings. The average molecular weight is 269 g/mol. The Hall–Kier alpha value is 4.26. The molecule has 7 nitrogen and oxygen atoms in total. The first-order chi connectivity index (χ1) is 3.71. The molecule has 0 saturated carbocycles. The molecule has 13 heavy (non-hydrogen) atoms. The van der Waals surface area contributed by atoms with Crippen LogP contribution in [-0.4, -0.2) is 138 Å². The van der Waals surface area contributed by atoms with E-state index in [0.717, 1.165) is 4.86 Å². The van der Waals surface area contributed by atoms with Gasteiger partial charge >= 0.3 is 15.5 Å². The summed E-state index contributed by atoms with van der Waals surface area (Å²) in [4.78, 5) is 32.2. The van der Waals surface area contributed by atoms with E-state index in [-0.39, 0.29) is 118 Å². The maximum Gasteiger partial charge on any atom is 0.409 e. The maximum absolute atomic E-state index is 9.74. The second-order valence-electron chi connectivity index (χ2n) is 1.19. The smallest absolute Gasteiger partial charge is 0.312 e. The molecule has 0 aliphatic heterocycles. The van der Waals surface area contributed by atoms with E-state index in [9.17, 15) is 9.13 Å². The third kappa shape index (κ3) is 31.4. The third-order valence-electron chi connectivity index (χ3n) is 0.261. The Morgan fingerprint density at radius 3 is 0.846 bits per heavy atom. The number of hydrogen-bond donors (Lipinski definition) is 5. The van der Waals surface area contributed by atoms with Gasteiger partial charge in [-0.1, -0.05) is 0 Å². The van der Waals surface area contributed by atoms with E-state index in [1.807, 2.05) is 0 Å². The van der Waals surface area contributed by atoms with Crippen molar-refractivity contribution < 1.29 is 28.7 Å². The van der Waals surface area contributed by atoms with Crippen LogP contribution in [0.25, 0.3) is 0 Å². The van der Waals surface area contributed by atoms with Crippen LogP contribution >= 0.6 is 15.5 Å². The Morgan fingerprint density at radius 1 is 0.692 bits per heavy atom. The van der Waals surface area contributed by atoms with Gasteiger partial charge in [-0.15, -0.1) is 4.86 Å². The summed E-state index contributed by atoms with van der Waals surface area (Å²) in [7, 11) is -9.60. The molecule has 5 N–H and O–H groups in total. The van der Waals surface area contributed by atoms with Crippen LogP contribution in [0.1, 0.15) is 0 Å². The molecule has 0 aliphatic rings. The van der Waals surface area contributed by atoms with Crippen LogP contribution < -0.4 is 4.86 Å². The first kappa shape index (κ1) is 30.4. The zero-order chi connectivity index (χ0) is 7.71. The molecule has 0 aliphatic carbocycles. The van der Waals surface area contributed by atoms with Gasteiger partial charge in [-0.25, -0.2) is 9.13 Å². The summed E-state index contributed by atoms with van der Waals surface area (Å²) in [6.07, 6.45) is 0. The molecule has 13 heteroatoms. The summed E-state index contributed by atoms with van der Waals surface area (Å²) in [6, 6.07) is 0. The summed E-state index contributed by atoms with van der Waals surface area (Å²) in [6.45, 7) is 0. The van der Waals surface area contributed by atoms with Gasteiger partial charge in [0.25, 0.3) is 0 Å². The number of nitrogens with one attached hydrogen (secondary N) is 1. The van der Waals surface area contributed by atoms with Gasteiger partial charge in [0.15, 0.2) is 0 Å². The van der Waals surface area contributed by atoms with Gasteiger partial charge < -0.3 is 19.6 Å². The van der Waals surface area contributed by atoms with Crippen LogP contribution in [0, 0.1) is 0 Å². The van der Waals surface area contributed by atoms with Crippen LogP contribution in [-0.2, 0) is 9.13 Å². The molecule has 0 atom stereocenters. The topological polar surface area (TPSA) is 127 Å². The van der Waals surface area contributed by atoms with E-state index in [4.69, 9.17) is 19.6 Å². The van der Waals surface area contributed by atoms with Crippen LogP contribution in [0.2, 0.25) is 0 Å². The molecule has 0 aromatic carbocycles. The van der Waals surface area contributed by atoms with E-state index in [2.05, 4.69) is 0 Å². The predicted octanol–water partition coefficient (Wildman–Crippen LogP) is -2.76. The molecule has 60 valence electrons. The van der Waals surface area contributed by atoms with Gasteiger partial charge in [0.05, 0.1) is 0 Å². The molecule has 0 amide bonds. The van der Waals surface area contributed by atoms with Crippen molar-refractivity contribution in [2.24, 2.45) is 0 Å². The molecule has 0 aromatic heterocycles. The Balaban J connectivity index is -0.0000000533. The van der Waals surface area contributed by atoms with E-state index in [0.29, 0.717) is 0 Å². The van der Waals surface area contributed by atoms with E-state index < -0.39 is 15.5 Å². The van der Waals surface area contributed by atoms with Gasteiger partial charge in [0.2, 0.25) is 0 Å². The second kappa shape index (κ2) is 12.7. The summed E-state index contributed by atoms with van der Waals surface area (Å²) in [5.74, 6) is 0. The van der Waals surface area contributed by atoms with Gasteiger partial charge in [-0.05, 0) is 0 Å². The van der Waals surface area contributed by atoms with E-state index >= 15 is 0 Å². The molecule has 4 radical (unpaired) electrons. The van der Waals surface area contributed by atoms with Crippen molar-refractivity contribution >= 4 is 134 Å². The number of hydrogen-bond acceptors (Lipinski definition) is 2. The molecule has 0 unspecified atom stereocenters. The fourth-order valence-corrected chi connectivity index (χ4v) is 1.53.